The molecule has 0 bridgehead atoms. The Labute approximate surface area is 211 Å². The zero-order valence-electron chi connectivity index (χ0n) is 21.4. The maximum atomic E-state index is 14.3. The second-order valence-electron chi connectivity index (χ2n) is 10.1. The van der Waals surface area contributed by atoms with Crippen LogP contribution in [-0.4, -0.2) is 48.7 Å². The van der Waals surface area contributed by atoms with Crippen molar-refractivity contribution in [3.63, 3.8) is 0 Å². The summed E-state index contributed by atoms with van der Waals surface area (Å²) in [7, 11) is 1.43. The summed E-state index contributed by atoms with van der Waals surface area (Å²) >= 11 is 0. The van der Waals surface area contributed by atoms with E-state index in [9.17, 15) is 9.18 Å². The number of rotatable bonds is 6. The molecule has 1 saturated heterocycles. The molecule has 2 aromatic heterocycles. The Kier molecular flexibility index (Phi) is 6.79. The fourth-order valence-electron chi connectivity index (χ4n) is 5.03. The second kappa shape index (κ2) is 10.0. The molecule has 0 radical (unpaired) electrons. The van der Waals surface area contributed by atoms with Crippen LogP contribution in [0.25, 0.3) is 10.9 Å². The first-order valence-electron chi connectivity index (χ1n) is 12.8. The molecule has 5 rings (SSSR count). The van der Waals surface area contributed by atoms with Gasteiger partial charge in [0.2, 0.25) is 0 Å². The lowest BCUT2D eigenvalue weighted by Gasteiger charge is -2.27. The summed E-state index contributed by atoms with van der Waals surface area (Å²) < 4.78 is 19.3. The number of aryl methyl sites for hydroxylation is 1. The number of hydrogen-bond acceptors (Lipinski definition) is 6. The van der Waals surface area contributed by atoms with Crippen LogP contribution in [0.15, 0.2) is 30.5 Å². The van der Waals surface area contributed by atoms with Crippen molar-refractivity contribution in [1.82, 2.24) is 20.6 Å². The van der Waals surface area contributed by atoms with Gasteiger partial charge in [-0.3, -0.25) is 14.8 Å². The minimum Gasteiger partial charge on any atom is -0.494 e. The van der Waals surface area contributed by atoms with Crippen LogP contribution in [-0.2, 0) is 0 Å². The third kappa shape index (κ3) is 4.87. The normalized spacial score (nSPS) is 19.1. The second-order valence-corrected chi connectivity index (χ2v) is 10.1. The molecule has 1 aliphatic carbocycles. The van der Waals surface area contributed by atoms with E-state index in [0.29, 0.717) is 23.1 Å². The number of ether oxygens (including phenoxy) is 1. The van der Waals surface area contributed by atoms with E-state index in [4.69, 9.17) is 14.7 Å². The number of carbonyl (C=O) groups excluding carboxylic acids is 1. The number of amides is 1. The number of halogens is 1. The zero-order chi connectivity index (χ0) is 25.4. The first-order chi connectivity index (χ1) is 17.4. The third-order valence-corrected chi connectivity index (χ3v) is 7.24. The number of nitrogens with one attached hydrogen (secondary N) is 2. The molecule has 1 amide bonds. The van der Waals surface area contributed by atoms with Gasteiger partial charge in [-0.25, -0.2) is 4.39 Å². The highest BCUT2D eigenvalue weighted by Gasteiger charge is 2.31. The molecule has 3 aromatic rings. The molecule has 0 spiro atoms. The number of hydrogen-bond donors (Lipinski definition) is 2. The van der Waals surface area contributed by atoms with Gasteiger partial charge in [0.15, 0.2) is 11.6 Å². The molecular weight excluding hydrogens is 457 g/mol. The summed E-state index contributed by atoms with van der Waals surface area (Å²) in [5.74, 6) is -0.0530. The van der Waals surface area contributed by atoms with Crippen molar-refractivity contribution in [1.29, 1.82) is 0 Å². The van der Waals surface area contributed by atoms with Crippen LogP contribution in [0.2, 0.25) is 0 Å². The summed E-state index contributed by atoms with van der Waals surface area (Å²) in [6, 6.07) is 6.83. The monoisotopic (exact) mass is 491 g/mol. The van der Waals surface area contributed by atoms with Crippen molar-refractivity contribution >= 4 is 22.5 Å². The lowest BCUT2D eigenvalue weighted by Crippen LogP contribution is -2.33. The Balaban J connectivity index is 1.55. The average molecular weight is 492 g/mol. The Bertz CT molecular complexity index is 1290. The van der Waals surface area contributed by atoms with E-state index < -0.39 is 11.9 Å². The van der Waals surface area contributed by atoms with Gasteiger partial charge in [-0.05, 0) is 63.8 Å². The quantitative estimate of drug-likeness (QED) is 0.523. The Morgan fingerprint density at radius 2 is 2.06 bits per heavy atom. The summed E-state index contributed by atoms with van der Waals surface area (Å²) in [6.07, 6.45) is 4.93. The molecule has 190 valence electrons. The van der Waals surface area contributed by atoms with Crippen molar-refractivity contribution < 1.29 is 13.9 Å². The molecule has 2 fully saturated rings. The fourth-order valence-corrected chi connectivity index (χ4v) is 5.03. The maximum Gasteiger partial charge on any atom is 0.255 e. The van der Waals surface area contributed by atoms with Crippen LogP contribution in [0.3, 0.4) is 0 Å². The first-order valence-corrected chi connectivity index (χ1v) is 12.8. The molecule has 1 saturated carbocycles. The van der Waals surface area contributed by atoms with Crippen molar-refractivity contribution in [3.05, 3.63) is 58.8 Å². The van der Waals surface area contributed by atoms with E-state index in [2.05, 4.69) is 28.5 Å². The van der Waals surface area contributed by atoms with Gasteiger partial charge in [0.05, 0.1) is 35.6 Å². The molecular formula is C28H34FN5O2. The predicted molar refractivity (Wildman–Crippen MR) is 139 cm³/mol. The van der Waals surface area contributed by atoms with Crippen LogP contribution < -0.4 is 20.3 Å². The van der Waals surface area contributed by atoms with Gasteiger partial charge in [-0.1, -0.05) is 6.07 Å². The van der Waals surface area contributed by atoms with E-state index in [0.717, 1.165) is 66.9 Å². The highest BCUT2D eigenvalue weighted by atomic mass is 19.1. The molecule has 2 aliphatic rings. The van der Waals surface area contributed by atoms with Crippen molar-refractivity contribution in [2.75, 3.05) is 31.6 Å². The number of benzene rings is 1. The number of pyridine rings is 2. The van der Waals surface area contributed by atoms with Crippen LogP contribution in [0.5, 0.6) is 5.75 Å². The van der Waals surface area contributed by atoms with Gasteiger partial charge in [0.25, 0.3) is 5.91 Å². The van der Waals surface area contributed by atoms with Gasteiger partial charge >= 0.3 is 0 Å². The SMILES string of the molecule is COc1ccc([C@H](C)NC(=O)c2cnc3c(C4CC4)nc(C)cc3c2N2CCN[C@@H](C)CC2)cc1F. The predicted octanol–water partition coefficient (Wildman–Crippen LogP) is 4.64. The highest BCUT2D eigenvalue weighted by molar-refractivity contribution is 6.08. The van der Waals surface area contributed by atoms with Gasteiger partial charge < -0.3 is 20.3 Å². The number of anilines is 1. The summed E-state index contributed by atoms with van der Waals surface area (Å²) in [5, 5.41) is 7.59. The Morgan fingerprint density at radius 3 is 2.78 bits per heavy atom. The summed E-state index contributed by atoms with van der Waals surface area (Å²) in [5.41, 5.74) is 4.99. The minimum atomic E-state index is -0.453. The smallest absolute Gasteiger partial charge is 0.255 e. The van der Waals surface area contributed by atoms with Gasteiger partial charge in [0.1, 0.15) is 0 Å². The topological polar surface area (TPSA) is 79.4 Å². The standard InChI is InChI=1S/C28H34FN5O2/c1-16-9-11-34(12-10-30-16)27-21-13-17(2)32-25(19-5-6-19)26(21)31-15-22(27)28(35)33-18(3)20-7-8-24(36-4)23(29)14-20/h7-8,13-16,18-19,30H,5-6,9-12H2,1-4H3,(H,33,35)/t16-,18-/m0/s1. The van der Waals surface area contributed by atoms with Crippen LogP contribution in [0.4, 0.5) is 10.1 Å². The number of carbonyl (C=O) groups is 1. The Morgan fingerprint density at radius 1 is 1.25 bits per heavy atom. The molecule has 0 unspecified atom stereocenters. The molecule has 36 heavy (non-hydrogen) atoms. The van der Waals surface area contributed by atoms with E-state index in [1.165, 1.54) is 13.2 Å². The van der Waals surface area contributed by atoms with Crippen molar-refractivity contribution in [2.45, 2.75) is 58.0 Å². The van der Waals surface area contributed by atoms with Crippen LogP contribution >= 0.6 is 0 Å². The fraction of sp³-hybridized carbons (Fsp3) is 0.464. The van der Waals surface area contributed by atoms with Crippen molar-refractivity contribution in [2.24, 2.45) is 0 Å². The molecule has 2 atom stereocenters. The third-order valence-electron chi connectivity index (χ3n) is 7.24. The molecule has 1 aliphatic heterocycles. The van der Waals surface area contributed by atoms with Crippen LogP contribution in [0.1, 0.15) is 72.4 Å². The van der Waals surface area contributed by atoms with Gasteiger partial charge in [0, 0.05) is 48.9 Å². The first kappa shape index (κ1) is 24.4. The largest absolute Gasteiger partial charge is 0.494 e. The average Bonchev–Trinajstić information content (AvgIpc) is 3.71. The number of fused-ring (bicyclic) bond motifs is 1. The van der Waals surface area contributed by atoms with Crippen LogP contribution in [0, 0.1) is 12.7 Å². The molecule has 7 nitrogen and oxygen atoms in total. The van der Waals surface area contributed by atoms with Gasteiger partial charge in [-0.15, -0.1) is 0 Å². The minimum absolute atomic E-state index is 0.178. The summed E-state index contributed by atoms with van der Waals surface area (Å²) in [6.45, 7) is 8.53. The summed E-state index contributed by atoms with van der Waals surface area (Å²) in [4.78, 5) is 25.6. The van der Waals surface area contributed by atoms with E-state index >= 15 is 0 Å². The number of methoxy groups -OCH3 is 1. The van der Waals surface area contributed by atoms with Crippen molar-refractivity contribution in [3.8, 4) is 5.75 Å². The van der Waals surface area contributed by atoms with E-state index in [1.807, 2.05) is 13.8 Å². The maximum absolute atomic E-state index is 14.3. The zero-order valence-corrected chi connectivity index (χ0v) is 21.4. The number of nitrogens with zero attached hydrogens (tertiary/aromatic N) is 3. The lowest BCUT2D eigenvalue weighted by molar-refractivity contribution is 0.0940. The molecule has 2 N–H and O–H groups in total. The molecule has 8 heteroatoms. The van der Waals surface area contributed by atoms with E-state index in [-0.39, 0.29) is 11.7 Å². The molecule has 3 heterocycles. The number of aromatic nitrogens is 2. The van der Waals surface area contributed by atoms with Gasteiger partial charge in [-0.2, -0.15) is 0 Å². The Hall–Kier alpha value is -3.26. The highest BCUT2D eigenvalue weighted by Crippen LogP contribution is 2.43. The van der Waals surface area contributed by atoms with E-state index in [1.54, 1.807) is 18.3 Å². The molecule has 1 aromatic carbocycles. The lowest BCUT2D eigenvalue weighted by atomic mass is 10.0.